The Morgan fingerprint density at radius 1 is 0.456 bits per heavy atom. The number of hydrogen-bond donors (Lipinski definition) is 2. The van der Waals surface area contributed by atoms with Crippen molar-refractivity contribution >= 4 is 19.7 Å². The van der Waals surface area contributed by atoms with Crippen LogP contribution in [0.4, 0.5) is 0 Å². The molecule has 0 saturated heterocycles. The van der Waals surface area contributed by atoms with Gasteiger partial charge in [-0.05, 0) is 76.7 Å². The highest BCUT2D eigenvalue weighted by molar-refractivity contribution is 7.47. The second kappa shape index (κ2) is 58.9. The maximum Gasteiger partial charge on any atom is 0.472 e. The number of hydrogen-bond acceptors (Lipinski definition) is 6. The number of phosphoric ester groups is 1. The Balaban J connectivity index is 5.09. The smallest absolute Gasteiger partial charge is 0.456 e. The molecule has 0 fully saturated rings. The van der Waals surface area contributed by atoms with Crippen molar-refractivity contribution in [2.45, 2.75) is 328 Å². The summed E-state index contributed by atoms with van der Waals surface area (Å²) in [6.07, 6.45) is 75.2. The summed E-state index contributed by atoms with van der Waals surface area (Å²) in [5.41, 5.74) is 0. The Morgan fingerprint density at radius 3 is 1.24 bits per heavy atom. The van der Waals surface area contributed by atoms with Crippen LogP contribution in [0.2, 0.25) is 0 Å². The third kappa shape index (κ3) is 60.1. The number of likely N-dealkylation sites (N-methyl/N-ethyl adjacent to an activating group) is 1. The van der Waals surface area contributed by atoms with Crippen LogP contribution in [0.3, 0.4) is 0 Å². The van der Waals surface area contributed by atoms with E-state index < -0.39 is 20.0 Å². The number of carbonyl (C=O) groups excluding carboxylic acids is 2. The highest BCUT2D eigenvalue weighted by atomic mass is 31.2. The van der Waals surface area contributed by atoms with Gasteiger partial charge in [-0.25, -0.2) is 4.57 Å². The third-order valence-electron chi connectivity index (χ3n) is 15.0. The Hall–Kier alpha value is -2.29. The van der Waals surface area contributed by atoms with Gasteiger partial charge in [-0.2, -0.15) is 0 Å². The summed E-state index contributed by atoms with van der Waals surface area (Å²) in [6, 6.07) is -0.855. The number of quaternary nitrogens is 1. The Morgan fingerprint density at radius 2 is 0.823 bits per heavy atom. The van der Waals surface area contributed by atoms with Crippen LogP contribution < -0.4 is 5.32 Å². The van der Waals surface area contributed by atoms with Gasteiger partial charge in [0, 0.05) is 12.8 Å². The minimum atomic E-state index is -4.45. The van der Waals surface area contributed by atoms with Crippen LogP contribution in [0.5, 0.6) is 0 Å². The summed E-state index contributed by atoms with van der Waals surface area (Å²) in [5.74, 6) is -0.509. The minimum Gasteiger partial charge on any atom is -0.456 e. The SMILES string of the molecule is CC/C=C/C=C/C=C/CCCCCCCCCC(=O)NC(COP(=O)(O)OCC[N+](C)(C)C)C(/C=C\CCCCCCCCCCCCC)OC(=O)CCCCCCCCCCCCCCCCC/C=C/CCCCCCCC. The summed E-state index contributed by atoms with van der Waals surface area (Å²) < 4.78 is 30.8. The molecule has 0 bridgehead atoms. The molecule has 0 aliphatic heterocycles. The van der Waals surface area contributed by atoms with Gasteiger partial charge in [-0.3, -0.25) is 18.6 Å². The van der Waals surface area contributed by atoms with Gasteiger partial charge < -0.3 is 19.4 Å². The third-order valence-corrected chi connectivity index (χ3v) is 16.0. The summed E-state index contributed by atoms with van der Waals surface area (Å²) in [6.45, 7) is 6.90. The molecule has 0 saturated carbocycles. The standard InChI is InChI=1S/C69H129N2O7P/c1-7-10-13-16-19-22-25-28-30-31-32-33-34-35-36-37-38-39-41-44-47-50-53-56-59-62-69(73)78-67(60-57-54-51-48-45-42-27-24-21-18-15-12-9-3)66(65-77-79(74,75)76-64-63-71(4,5)6)70-68(72)61-58-55-52-49-46-43-40-29-26-23-20-17-14-11-8-2/h11,14,17,20,23,26,28,30,57,60,66-67H,7-10,12-13,15-16,18-19,21-22,24-25,27,29,31-56,58-59,61-65H2,1-6H3,(H-,70,72,74,75)/p+1/b14-11+,20-17+,26-23+,30-28+,60-57-. The Kier molecular flexibility index (Phi) is 57.2. The molecule has 0 aliphatic carbocycles. The van der Waals surface area contributed by atoms with E-state index in [1.54, 1.807) is 0 Å². The number of nitrogens with one attached hydrogen (secondary N) is 1. The van der Waals surface area contributed by atoms with E-state index in [4.69, 9.17) is 13.8 Å². The van der Waals surface area contributed by atoms with Crippen molar-refractivity contribution in [2.24, 2.45) is 0 Å². The lowest BCUT2D eigenvalue weighted by Gasteiger charge is -2.27. The van der Waals surface area contributed by atoms with Crippen LogP contribution in [-0.2, 0) is 27.9 Å². The predicted octanol–water partition coefficient (Wildman–Crippen LogP) is 21.0. The number of ether oxygens (including phenoxy) is 1. The van der Waals surface area contributed by atoms with Crippen LogP contribution in [0, 0.1) is 0 Å². The average molecular weight is 1130 g/mol. The molecule has 1 amide bonds. The molecule has 462 valence electrons. The van der Waals surface area contributed by atoms with Crippen LogP contribution in [-0.4, -0.2) is 74.3 Å². The molecule has 2 N–H and O–H groups in total. The van der Waals surface area contributed by atoms with E-state index in [0.717, 1.165) is 77.0 Å². The van der Waals surface area contributed by atoms with E-state index in [2.05, 4.69) is 74.7 Å². The number of carbonyl (C=O) groups is 2. The molecule has 79 heavy (non-hydrogen) atoms. The zero-order valence-electron chi connectivity index (χ0n) is 52.9. The number of amides is 1. The van der Waals surface area contributed by atoms with Gasteiger partial charge in [-0.1, -0.05) is 287 Å². The molecule has 0 spiro atoms. The molecular weight excluding hydrogens is 1000 g/mol. The van der Waals surface area contributed by atoms with E-state index in [0.29, 0.717) is 23.9 Å². The van der Waals surface area contributed by atoms with Crippen LogP contribution >= 0.6 is 7.82 Å². The lowest BCUT2D eigenvalue weighted by Crippen LogP contribution is -2.47. The van der Waals surface area contributed by atoms with Gasteiger partial charge in [0.25, 0.3) is 0 Å². The largest absolute Gasteiger partial charge is 0.472 e. The minimum absolute atomic E-state index is 0.0374. The zero-order valence-corrected chi connectivity index (χ0v) is 53.8. The van der Waals surface area contributed by atoms with Gasteiger partial charge in [0.1, 0.15) is 19.3 Å². The molecule has 0 radical (unpaired) electrons. The van der Waals surface area contributed by atoms with Gasteiger partial charge in [-0.15, -0.1) is 0 Å². The fraction of sp³-hybridized carbons (Fsp3) is 0.826. The zero-order chi connectivity index (χ0) is 57.9. The van der Waals surface area contributed by atoms with Crippen LogP contribution in [0.15, 0.2) is 60.8 Å². The molecule has 0 aliphatic rings. The van der Waals surface area contributed by atoms with Crippen molar-refractivity contribution in [3.63, 3.8) is 0 Å². The lowest BCUT2D eigenvalue weighted by molar-refractivity contribution is -0.870. The first kappa shape index (κ1) is 76.7. The molecule has 3 atom stereocenters. The first-order chi connectivity index (χ1) is 38.4. The summed E-state index contributed by atoms with van der Waals surface area (Å²) in [4.78, 5) is 37.8. The van der Waals surface area contributed by atoms with E-state index in [1.165, 1.54) is 205 Å². The van der Waals surface area contributed by atoms with E-state index in [1.807, 2.05) is 33.3 Å². The van der Waals surface area contributed by atoms with Crippen molar-refractivity contribution < 1.29 is 37.3 Å². The van der Waals surface area contributed by atoms with Crippen molar-refractivity contribution in [1.29, 1.82) is 0 Å². The topological polar surface area (TPSA) is 111 Å². The number of phosphoric acid groups is 1. The highest BCUT2D eigenvalue weighted by Crippen LogP contribution is 2.43. The monoisotopic (exact) mass is 1130 g/mol. The molecule has 0 heterocycles. The van der Waals surface area contributed by atoms with Crippen molar-refractivity contribution in [1.82, 2.24) is 5.32 Å². The van der Waals surface area contributed by atoms with Crippen LogP contribution in [0.1, 0.15) is 316 Å². The fourth-order valence-electron chi connectivity index (χ4n) is 9.82. The fourth-order valence-corrected chi connectivity index (χ4v) is 10.6. The Bertz CT molecular complexity index is 1540. The second-order valence-corrected chi connectivity index (χ2v) is 25.5. The van der Waals surface area contributed by atoms with Crippen LogP contribution in [0.25, 0.3) is 0 Å². The first-order valence-corrected chi connectivity index (χ1v) is 35.1. The molecule has 3 unspecified atom stereocenters. The maximum absolute atomic E-state index is 13.6. The second-order valence-electron chi connectivity index (χ2n) is 24.0. The van der Waals surface area contributed by atoms with Gasteiger partial charge >= 0.3 is 13.8 Å². The molecule has 0 aromatic heterocycles. The predicted molar refractivity (Wildman–Crippen MR) is 342 cm³/mol. The highest BCUT2D eigenvalue weighted by Gasteiger charge is 2.30. The van der Waals surface area contributed by atoms with Crippen molar-refractivity contribution in [3.05, 3.63) is 60.8 Å². The average Bonchev–Trinajstić information content (AvgIpc) is 3.41. The number of nitrogens with zero attached hydrogens (tertiary/aromatic N) is 1. The quantitative estimate of drug-likeness (QED) is 0.0156. The Labute approximate surface area is 490 Å². The molecule has 0 aromatic carbocycles. The van der Waals surface area contributed by atoms with Gasteiger partial charge in [0.05, 0.1) is 33.8 Å². The van der Waals surface area contributed by atoms with Gasteiger partial charge in [0.2, 0.25) is 5.91 Å². The molecular formula is C69H130N2O7P+. The number of unbranched alkanes of at least 4 members (excludes halogenated alkanes) is 39. The van der Waals surface area contributed by atoms with E-state index in [9.17, 15) is 19.0 Å². The number of esters is 1. The maximum atomic E-state index is 13.6. The lowest BCUT2D eigenvalue weighted by atomic mass is 10.0. The van der Waals surface area contributed by atoms with Crippen molar-refractivity contribution in [2.75, 3.05) is 40.9 Å². The number of allylic oxidation sites excluding steroid dienone is 9. The molecule has 0 rings (SSSR count). The summed E-state index contributed by atoms with van der Waals surface area (Å²) in [5, 5.41) is 3.06. The summed E-state index contributed by atoms with van der Waals surface area (Å²) in [7, 11) is 1.49. The van der Waals surface area contributed by atoms with E-state index >= 15 is 0 Å². The number of rotatable bonds is 61. The van der Waals surface area contributed by atoms with E-state index in [-0.39, 0.29) is 25.1 Å². The molecule has 9 nitrogen and oxygen atoms in total. The molecule has 0 aromatic rings. The normalized spacial score (nSPS) is 14.0. The summed E-state index contributed by atoms with van der Waals surface area (Å²) >= 11 is 0. The van der Waals surface area contributed by atoms with Gasteiger partial charge in [0.15, 0.2) is 0 Å². The van der Waals surface area contributed by atoms with Crippen molar-refractivity contribution in [3.8, 4) is 0 Å². The first-order valence-electron chi connectivity index (χ1n) is 33.6. The molecule has 10 heteroatoms.